The van der Waals surface area contributed by atoms with Crippen LogP contribution in [0.2, 0.25) is 0 Å². The second-order valence-corrected chi connectivity index (χ2v) is 8.60. The van der Waals surface area contributed by atoms with Crippen LogP contribution in [0, 0.1) is 0 Å². The molecule has 1 fully saturated rings. The molecule has 3 N–H and O–H groups in total. The molecule has 1 aliphatic rings. The van der Waals surface area contributed by atoms with Crippen LogP contribution in [-0.2, 0) is 29.1 Å². The third kappa shape index (κ3) is 5.91. The summed E-state index contributed by atoms with van der Waals surface area (Å²) >= 11 is 0. The topological polar surface area (TPSA) is 123 Å². The van der Waals surface area contributed by atoms with Crippen LogP contribution in [0.1, 0.15) is 21.5 Å². The van der Waals surface area contributed by atoms with E-state index in [0.29, 0.717) is 18.8 Å². The maximum atomic E-state index is 13.7. The molecule has 0 spiro atoms. The Bertz CT molecular complexity index is 1280. The molecule has 2 heterocycles. The highest BCUT2D eigenvalue weighted by Gasteiger charge is 2.26. The van der Waals surface area contributed by atoms with Gasteiger partial charge in [-0.15, -0.1) is 0 Å². The lowest BCUT2D eigenvalue weighted by Gasteiger charge is -2.27. The second-order valence-electron chi connectivity index (χ2n) is 8.60. The molecule has 1 amide bonds. The number of methoxy groups -OCH3 is 1. The van der Waals surface area contributed by atoms with Crippen LogP contribution in [0.3, 0.4) is 0 Å². The Kier molecular flexibility index (Phi) is 8.32. The number of hydrogen-bond acceptors (Lipinski definition) is 7. The van der Waals surface area contributed by atoms with Gasteiger partial charge in [-0.05, 0) is 23.3 Å². The minimum Gasteiger partial charge on any atom is -0.383 e. The minimum absolute atomic E-state index is 0.0723. The Balaban J connectivity index is 1.68. The van der Waals surface area contributed by atoms with E-state index in [4.69, 9.17) is 15.2 Å². The lowest BCUT2D eigenvalue weighted by atomic mass is 10.1. The number of nitrogen functional groups attached to an aromatic ring is 1. The lowest BCUT2D eigenvalue weighted by Crippen LogP contribution is -2.41. The summed E-state index contributed by atoms with van der Waals surface area (Å²) in [5, 5.41) is 0. The van der Waals surface area contributed by atoms with Crippen LogP contribution in [0.15, 0.2) is 64.2 Å². The molecule has 1 aliphatic heterocycles. The van der Waals surface area contributed by atoms with Gasteiger partial charge < -0.3 is 15.2 Å². The Morgan fingerprint density at radius 2 is 1.75 bits per heavy atom. The molecule has 1 aromatic heterocycles. The number of amides is 1. The number of hydrogen-bond donors (Lipinski definition) is 2. The largest absolute Gasteiger partial charge is 0.383 e. The highest BCUT2D eigenvalue weighted by atomic mass is 16.5. The van der Waals surface area contributed by atoms with Crippen molar-refractivity contribution >= 4 is 17.4 Å². The second kappa shape index (κ2) is 11.8. The van der Waals surface area contributed by atoms with E-state index in [1.165, 1.54) is 16.6 Å². The van der Waals surface area contributed by atoms with E-state index in [1.807, 2.05) is 42.5 Å². The fraction of sp³-hybridized carbons (Fsp3) is 0.346. The van der Waals surface area contributed by atoms with Crippen LogP contribution >= 0.6 is 0 Å². The number of carbonyl (C=O) groups is 1. The average molecular weight is 494 g/mol. The number of aromatic amines is 1. The highest BCUT2D eigenvalue weighted by molar-refractivity contribution is 6.07. The van der Waals surface area contributed by atoms with E-state index in [2.05, 4.69) is 9.88 Å². The Morgan fingerprint density at radius 3 is 2.42 bits per heavy atom. The summed E-state index contributed by atoms with van der Waals surface area (Å²) in [5.41, 5.74) is 7.15. The summed E-state index contributed by atoms with van der Waals surface area (Å²) in [6.07, 6.45) is 0. The van der Waals surface area contributed by atoms with E-state index in [9.17, 15) is 14.4 Å². The predicted octanol–water partition coefficient (Wildman–Crippen LogP) is 1.44. The maximum Gasteiger partial charge on any atom is 0.330 e. The summed E-state index contributed by atoms with van der Waals surface area (Å²) in [4.78, 5) is 45.0. The van der Waals surface area contributed by atoms with Crippen LogP contribution in [0.25, 0.3) is 0 Å². The van der Waals surface area contributed by atoms with Gasteiger partial charge in [-0.3, -0.25) is 28.9 Å². The molecule has 10 heteroatoms. The van der Waals surface area contributed by atoms with Gasteiger partial charge in [0.15, 0.2) is 5.69 Å². The first-order valence-corrected chi connectivity index (χ1v) is 11.8. The Hall–Kier alpha value is -3.73. The zero-order valence-corrected chi connectivity index (χ0v) is 20.3. The number of ether oxygens (including phenoxy) is 2. The van der Waals surface area contributed by atoms with Crippen molar-refractivity contribution in [3.05, 3.63) is 92.1 Å². The summed E-state index contributed by atoms with van der Waals surface area (Å²) in [6.45, 7) is 4.38. The quantitative estimate of drug-likeness (QED) is 0.462. The number of anilines is 2. The van der Waals surface area contributed by atoms with E-state index in [-0.39, 0.29) is 31.2 Å². The number of carbonyl (C=O) groups excluding carboxylic acids is 1. The molecule has 0 radical (unpaired) electrons. The van der Waals surface area contributed by atoms with Crippen molar-refractivity contribution in [1.82, 2.24) is 14.5 Å². The normalized spacial score (nSPS) is 14.0. The number of nitrogens with one attached hydrogen (secondary N) is 1. The smallest absolute Gasteiger partial charge is 0.330 e. The molecule has 0 saturated carbocycles. The number of nitrogens with zero attached hydrogens (tertiary/aromatic N) is 3. The number of H-pyrrole nitrogens is 1. The van der Waals surface area contributed by atoms with Crippen molar-refractivity contribution in [2.45, 2.75) is 19.6 Å². The molecule has 1 saturated heterocycles. The van der Waals surface area contributed by atoms with Crippen molar-refractivity contribution in [1.29, 1.82) is 0 Å². The molecular weight excluding hydrogens is 462 g/mol. The van der Waals surface area contributed by atoms with Crippen LogP contribution in [-0.4, -0.2) is 60.4 Å². The van der Waals surface area contributed by atoms with Gasteiger partial charge in [0, 0.05) is 32.3 Å². The summed E-state index contributed by atoms with van der Waals surface area (Å²) in [7, 11) is 1.50. The maximum absolute atomic E-state index is 13.7. The van der Waals surface area contributed by atoms with E-state index in [0.717, 1.165) is 30.8 Å². The first-order valence-electron chi connectivity index (χ1n) is 11.8. The fourth-order valence-electron chi connectivity index (χ4n) is 4.19. The minimum atomic E-state index is -0.723. The molecule has 3 aromatic rings. The highest BCUT2D eigenvalue weighted by Crippen LogP contribution is 2.22. The first kappa shape index (κ1) is 25.4. The van der Waals surface area contributed by atoms with Crippen LogP contribution < -0.4 is 21.9 Å². The van der Waals surface area contributed by atoms with Gasteiger partial charge >= 0.3 is 5.69 Å². The molecule has 0 atom stereocenters. The monoisotopic (exact) mass is 493 g/mol. The number of nitrogens with two attached hydrogens (primary N) is 1. The third-order valence-corrected chi connectivity index (χ3v) is 6.14. The Morgan fingerprint density at radius 1 is 1.06 bits per heavy atom. The van der Waals surface area contributed by atoms with Gasteiger partial charge in [0.25, 0.3) is 11.5 Å². The SMILES string of the molecule is COCCn1c(N)c(N(Cc2ccccc2)C(=O)c2ccc(CN3CCOCC3)cc2)c(=O)[nH]c1=O. The van der Waals surface area contributed by atoms with E-state index < -0.39 is 17.2 Å². The number of benzene rings is 2. The van der Waals surface area contributed by atoms with Crippen molar-refractivity contribution in [3.8, 4) is 0 Å². The molecule has 190 valence electrons. The summed E-state index contributed by atoms with van der Waals surface area (Å²) < 4.78 is 11.7. The predicted molar refractivity (Wildman–Crippen MR) is 137 cm³/mol. The summed E-state index contributed by atoms with van der Waals surface area (Å²) in [6, 6.07) is 16.6. The number of morpholine rings is 1. The van der Waals surface area contributed by atoms with Gasteiger partial charge in [-0.1, -0.05) is 42.5 Å². The van der Waals surface area contributed by atoms with Crippen LogP contribution in [0.5, 0.6) is 0 Å². The van der Waals surface area contributed by atoms with Crippen LogP contribution in [0.4, 0.5) is 11.5 Å². The van der Waals surface area contributed by atoms with Gasteiger partial charge in [-0.25, -0.2) is 4.79 Å². The van der Waals surface area contributed by atoms with E-state index in [1.54, 1.807) is 12.1 Å². The van der Waals surface area contributed by atoms with E-state index >= 15 is 0 Å². The van der Waals surface area contributed by atoms with Crippen molar-refractivity contribution < 1.29 is 14.3 Å². The molecule has 4 rings (SSSR count). The van der Waals surface area contributed by atoms with Gasteiger partial charge in [0.2, 0.25) is 0 Å². The molecule has 2 aromatic carbocycles. The van der Waals surface area contributed by atoms with Crippen molar-refractivity contribution in [2.24, 2.45) is 0 Å². The van der Waals surface area contributed by atoms with Crippen molar-refractivity contribution in [2.75, 3.05) is 50.7 Å². The molecule has 0 bridgehead atoms. The van der Waals surface area contributed by atoms with Gasteiger partial charge in [-0.2, -0.15) is 0 Å². The zero-order valence-electron chi connectivity index (χ0n) is 20.3. The molecule has 36 heavy (non-hydrogen) atoms. The lowest BCUT2D eigenvalue weighted by molar-refractivity contribution is 0.0342. The molecule has 0 unspecified atom stereocenters. The zero-order chi connectivity index (χ0) is 25.5. The molecular formula is C26H31N5O5. The van der Waals surface area contributed by atoms with Crippen molar-refractivity contribution in [3.63, 3.8) is 0 Å². The summed E-state index contributed by atoms with van der Waals surface area (Å²) in [5.74, 6) is -0.486. The average Bonchev–Trinajstić information content (AvgIpc) is 2.89. The standard InChI is InChI=1S/C26H31N5O5/c1-35-14-13-30-23(27)22(24(32)28-26(30)34)31(18-19-5-3-2-4-6-19)25(33)21-9-7-20(8-10-21)17-29-11-15-36-16-12-29/h2-10H,11-18,27H2,1H3,(H,28,32,34). The molecule has 0 aliphatic carbocycles. The number of rotatable bonds is 9. The number of aromatic nitrogens is 2. The first-order chi connectivity index (χ1) is 17.5. The Labute approximate surface area is 208 Å². The fourth-order valence-corrected chi connectivity index (χ4v) is 4.19. The van der Waals surface area contributed by atoms with Gasteiger partial charge in [0.1, 0.15) is 5.82 Å². The van der Waals surface area contributed by atoms with Gasteiger partial charge in [0.05, 0.1) is 32.9 Å². The third-order valence-electron chi connectivity index (χ3n) is 6.14. The molecule has 10 nitrogen and oxygen atoms in total.